The highest BCUT2D eigenvalue weighted by Gasteiger charge is 2.38. The lowest BCUT2D eigenvalue weighted by atomic mass is 9.83. The van der Waals surface area contributed by atoms with Crippen molar-refractivity contribution in [2.24, 2.45) is 0 Å². The third-order valence-corrected chi connectivity index (χ3v) is 7.26. The van der Waals surface area contributed by atoms with E-state index in [-0.39, 0.29) is 23.2 Å². The normalized spacial score (nSPS) is 25.9. The summed E-state index contributed by atoms with van der Waals surface area (Å²) < 4.78 is 22.5. The van der Waals surface area contributed by atoms with Gasteiger partial charge in [-0.2, -0.15) is 9.61 Å². The zero-order valence-corrected chi connectivity index (χ0v) is 20.3. The van der Waals surface area contributed by atoms with E-state index < -0.39 is 6.17 Å². The maximum absolute atomic E-state index is 13.4. The van der Waals surface area contributed by atoms with Crippen molar-refractivity contribution in [3.63, 3.8) is 0 Å². The van der Waals surface area contributed by atoms with Gasteiger partial charge in [-0.1, -0.05) is 6.58 Å². The molecule has 0 bridgehead atoms. The minimum atomic E-state index is -0.848. The molecule has 0 saturated heterocycles. The third-order valence-electron chi connectivity index (χ3n) is 7.26. The van der Waals surface area contributed by atoms with Gasteiger partial charge >= 0.3 is 0 Å². The number of halogens is 1. The van der Waals surface area contributed by atoms with Crippen molar-refractivity contribution in [3.8, 4) is 0 Å². The van der Waals surface area contributed by atoms with E-state index in [9.17, 15) is 9.18 Å². The summed E-state index contributed by atoms with van der Waals surface area (Å²) in [5, 5.41) is 13.8. The number of ether oxygens (including phenoxy) is 1. The smallest absolute Gasteiger partial charge is 0.274 e. The van der Waals surface area contributed by atoms with Crippen LogP contribution in [0, 0.1) is 0 Å². The number of hydrogen-bond donors (Lipinski definition) is 3. The van der Waals surface area contributed by atoms with Gasteiger partial charge in [-0.3, -0.25) is 4.79 Å². The number of fused-ring (bicyclic) bond motifs is 1. The van der Waals surface area contributed by atoms with Gasteiger partial charge in [0.15, 0.2) is 5.65 Å². The third kappa shape index (κ3) is 4.50. The van der Waals surface area contributed by atoms with Crippen LogP contribution in [-0.2, 0) is 4.74 Å². The fraction of sp³-hybridized carbons (Fsp3) is 0.480. The Morgan fingerprint density at radius 1 is 1.34 bits per heavy atom. The lowest BCUT2D eigenvalue weighted by Gasteiger charge is -2.36. The first kappa shape index (κ1) is 23.3. The second-order valence-corrected chi connectivity index (χ2v) is 9.70. The van der Waals surface area contributed by atoms with Crippen molar-refractivity contribution in [1.29, 1.82) is 0 Å². The number of alkyl halides is 1. The molecule has 186 valence electrons. The quantitative estimate of drug-likeness (QED) is 0.449. The molecule has 2 aliphatic rings. The maximum atomic E-state index is 13.4. The van der Waals surface area contributed by atoms with Gasteiger partial charge in [-0.05, 0) is 44.7 Å². The lowest BCUT2D eigenvalue weighted by molar-refractivity contribution is -0.0324. The minimum Gasteiger partial charge on any atom is -0.379 e. The van der Waals surface area contributed by atoms with Crippen LogP contribution >= 0.6 is 0 Å². The largest absolute Gasteiger partial charge is 0.379 e. The summed E-state index contributed by atoms with van der Waals surface area (Å²) >= 11 is 0. The van der Waals surface area contributed by atoms with Crippen molar-refractivity contribution in [1.82, 2.24) is 24.5 Å². The van der Waals surface area contributed by atoms with Crippen LogP contribution in [-0.4, -0.2) is 51.1 Å². The summed E-state index contributed by atoms with van der Waals surface area (Å²) in [7, 11) is 3.54. The standard InChI is InChI=1S/C25H32FN7O2/c1-15(29-20-12-18(20)26)17-14-28-33-22(27-3)13-21(31-23(17)33)30-19-6-5-11-32(24(19)34)16-7-9-25(2,35-4)10-8-16/h5-6,11,13-14,16,18,20,27,29H,1,7-10,12H2,2-4H3,(H,30,31)/t16?,18-,20+,25?/m1/s1. The first-order valence-corrected chi connectivity index (χ1v) is 12.0. The van der Waals surface area contributed by atoms with Crippen molar-refractivity contribution in [2.45, 2.75) is 62.9 Å². The number of aromatic nitrogens is 4. The van der Waals surface area contributed by atoms with Gasteiger partial charge in [0, 0.05) is 44.6 Å². The number of hydrogen-bond acceptors (Lipinski definition) is 7. The minimum absolute atomic E-state index is 0.0891. The predicted molar refractivity (Wildman–Crippen MR) is 135 cm³/mol. The average Bonchev–Trinajstić information content (AvgIpc) is 3.37. The Bertz CT molecular complexity index is 1310. The summed E-state index contributed by atoms with van der Waals surface area (Å²) in [6, 6.07) is 5.35. The topological polar surface area (TPSA) is 97.5 Å². The molecule has 0 radical (unpaired) electrons. The number of pyridine rings is 1. The van der Waals surface area contributed by atoms with Gasteiger partial charge in [-0.15, -0.1) is 0 Å². The molecule has 2 saturated carbocycles. The molecule has 0 unspecified atom stereocenters. The van der Waals surface area contributed by atoms with E-state index in [2.05, 4.69) is 34.6 Å². The molecule has 2 atom stereocenters. The molecule has 3 heterocycles. The molecule has 0 amide bonds. The molecular formula is C25H32FN7O2. The highest BCUT2D eigenvalue weighted by Crippen LogP contribution is 2.36. The van der Waals surface area contributed by atoms with Crippen LogP contribution in [0.2, 0.25) is 0 Å². The average molecular weight is 482 g/mol. The molecule has 0 aromatic carbocycles. The van der Waals surface area contributed by atoms with E-state index >= 15 is 0 Å². The number of nitrogens with zero attached hydrogens (tertiary/aromatic N) is 4. The van der Waals surface area contributed by atoms with Gasteiger partial charge in [0.05, 0.1) is 23.4 Å². The Balaban J connectivity index is 1.42. The highest BCUT2D eigenvalue weighted by molar-refractivity contribution is 5.76. The Kier molecular flexibility index (Phi) is 6.00. The van der Waals surface area contributed by atoms with E-state index in [1.165, 1.54) is 0 Å². The first-order valence-electron chi connectivity index (χ1n) is 12.0. The Labute approximate surface area is 203 Å². The lowest BCUT2D eigenvalue weighted by Crippen LogP contribution is -2.36. The molecule has 0 spiro atoms. The van der Waals surface area contributed by atoms with Gasteiger partial charge in [0.1, 0.15) is 23.5 Å². The monoisotopic (exact) mass is 481 g/mol. The molecular weight excluding hydrogens is 449 g/mol. The van der Waals surface area contributed by atoms with E-state index in [0.717, 1.165) is 25.7 Å². The first-order chi connectivity index (χ1) is 16.8. The summed E-state index contributed by atoms with van der Waals surface area (Å²) in [5.41, 5.74) is 2.04. The van der Waals surface area contributed by atoms with Crippen molar-refractivity contribution in [2.75, 3.05) is 24.8 Å². The molecule has 3 N–H and O–H groups in total. The summed E-state index contributed by atoms with van der Waals surface area (Å²) in [4.78, 5) is 18.1. The molecule has 2 aliphatic carbocycles. The fourth-order valence-corrected chi connectivity index (χ4v) is 4.76. The van der Waals surface area contributed by atoms with Gasteiger partial charge in [0.25, 0.3) is 5.56 Å². The summed E-state index contributed by atoms with van der Waals surface area (Å²) in [5.74, 6) is 1.19. The van der Waals surface area contributed by atoms with E-state index in [0.29, 0.717) is 40.7 Å². The van der Waals surface area contributed by atoms with Gasteiger partial charge in [-0.25, -0.2) is 9.37 Å². The number of rotatable bonds is 8. The van der Waals surface area contributed by atoms with Crippen LogP contribution < -0.4 is 21.5 Å². The zero-order valence-electron chi connectivity index (χ0n) is 20.3. The van der Waals surface area contributed by atoms with Gasteiger partial charge < -0.3 is 25.3 Å². The molecule has 10 heteroatoms. The van der Waals surface area contributed by atoms with Crippen LogP contribution in [0.5, 0.6) is 0 Å². The van der Waals surface area contributed by atoms with Crippen LogP contribution in [0.1, 0.15) is 50.6 Å². The molecule has 9 nitrogen and oxygen atoms in total. The molecule has 2 fully saturated rings. The Hall–Kier alpha value is -3.40. The summed E-state index contributed by atoms with van der Waals surface area (Å²) in [6.45, 7) is 6.18. The molecule has 35 heavy (non-hydrogen) atoms. The number of anilines is 3. The van der Waals surface area contributed by atoms with E-state index in [1.807, 2.05) is 16.8 Å². The van der Waals surface area contributed by atoms with Crippen LogP contribution in [0.3, 0.4) is 0 Å². The SMILES string of the molecule is C=C(N[C@H]1C[C@H]1F)c1cnn2c(NC)cc(Nc3cccn(C4CCC(C)(OC)CC4)c3=O)nc12. The van der Waals surface area contributed by atoms with Crippen molar-refractivity contribution < 1.29 is 9.13 Å². The van der Waals surface area contributed by atoms with Crippen LogP contribution in [0.15, 0.2) is 42.0 Å². The van der Waals surface area contributed by atoms with Crippen LogP contribution in [0.4, 0.5) is 21.7 Å². The molecule has 5 rings (SSSR count). The van der Waals surface area contributed by atoms with E-state index in [1.54, 1.807) is 37.0 Å². The summed E-state index contributed by atoms with van der Waals surface area (Å²) in [6.07, 6.45) is 6.73. The zero-order chi connectivity index (χ0) is 24.7. The highest BCUT2D eigenvalue weighted by atomic mass is 19.1. The number of nitrogens with one attached hydrogen (secondary N) is 3. The fourth-order valence-electron chi connectivity index (χ4n) is 4.76. The maximum Gasteiger partial charge on any atom is 0.274 e. The molecule has 3 aromatic heterocycles. The van der Waals surface area contributed by atoms with E-state index in [4.69, 9.17) is 9.72 Å². The second kappa shape index (κ2) is 8.99. The van der Waals surface area contributed by atoms with Crippen LogP contribution in [0.25, 0.3) is 11.3 Å². The predicted octanol–water partition coefficient (Wildman–Crippen LogP) is 3.87. The van der Waals surface area contributed by atoms with Crippen molar-refractivity contribution in [3.05, 3.63) is 53.1 Å². The number of methoxy groups -OCH3 is 1. The van der Waals surface area contributed by atoms with Gasteiger partial charge in [0.2, 0.25) is 0 Å². The van der Waals surface area contributed by atoms with Crippen molar-refractivity contribution >= 4 is 28.7 Å². The Morgan fingerprint density at radius 2 is 2.09 bits per heavy atom. The molecule has 3 aromatic rings. The second-order valence-electron chi connectivity index (χ2n) is 9.70. The molecule has 0 aliphatic heterocycles. The Morgan fingerprint density at radius 3 is 2.74 bits per heavy atom.